The van der Waals surface area contributed by atoms with Gasteiger partial charge in [0.15, 0.2) is 0 Å². The fraction of sp³-hybridized carbons (Fsp3) is 0.188. The molecule has 5 heteroatoms. The summed E-state index contributed by atoms with van der Waals surface area (Å²) in [7, 11) is 0. The first-order valence-electron chi connectivity index (χ1n) is 6.63. The Bertz CT molecular complexity index is 763. The summed E-state index contributed by atoms with van der Waals surface area (Å²) in [4.78, 5) is 4.54. The molecule has 3 rings (SSSR count). The summed E-state index contributed by atoms with van der Waals surface area (Å²) < 4.78 is 2.10. The average Bonchev–Trinajstić information content (AvgIpc) is 2.86. The summed E-state index contributed by atoms with van der Waals surface area (Å²) in [6, 6.07) is 13.6. The van der Waals surface area contributed by atoms with Crippen LogP contribution in [0.1, 0.15) is 11.4 Å². The third kappa shape index (κ3) is 3.03. The zero-order valence-electron chi connectivity index (χ0n) is 11.2. The van der Waals surface area contributed by atoms with Crippen LogP contribution in [0.2, 0.25) is 10.0 Å². The first-order valence-corrected chi connectivity index (χ1v) is 7.92. The Balaban J connectivity index is 1.94. The van der Waals surface area contributed by atoms with Gasteiger partial charge in [0.05, 0.1) is 21.9 Å². The van der Waals surface area contributed by atoms with Crippen LogP contribution in [0.5, 0.6) is 0 Å². The SMILES string of the molecule is ClCc1nc2cccc(Cl)c2n1CCc1ccc(Cl)cc1. The quantitative estimate of drug-likeness (QED) is 0.588. The molecule has 0 saturated carbocycles. The lowest BCUT2D eigenvalue weighted by Gasteiger charge is -2.09. The smallest absolute Gasteiger partial charge is 0.124 e. The summed E-state index contributed by atoms with van der Waals surface area (Å²) in [5.41, 5.74) is 3.05. The van der Waals surface area contributed by atoms with Crippen molar-refractivity contribution in [2.75, 3.05) is 0 Å². The normalized spacial score (nSPS) is 11.2. The number of imidazole rings is 1. The highest BCUT2D eigenvalue weighted by molar-refractivity contribution is 6.35. The largest absolute Gasteiger partial charge is 0.325 e. The summed E-state index contributed by atoms with van der Waals surface area (Å²) in [6.07, 6.45) is 0.873. The van der Waals surface area contributed by atoms with Crippen molar-refractivity contribution in [1.82, 2.24) is 9.55 Å². The molecule has 0 amide bonds. The molecule has 1 heterocycles. The molecule has 2 nitrogen and oxygen atoms in total. The van der Waals surface area contributed by atoms with E-state index >= 15 is 0 Å². The Labute approximate surface area is 138 Å². The second-order valence-electron chi connectivity index (χ2n) is 4.80. The second-order valence-corrected chi connectivity index (χ2v) is 5.91. The number of aryl methyl sites for hydroxylation is 2. The van der Waals surface area contributed by atoms with Crippen LogP contribution in [0.25, 0.3) is 11.0 Å². The van der Waals surface area contributed by atoms with E-state index in [4.69, 9.17) is 34.8 Å². The van der Waals surface area contributed by atoms with Crippen molar-refractivity contribution < 1.29 is 0 Å². The maximum atomic E-state index is 6.31. The van der Waals surface area contributed by atoms with E-state index in [0.717, 1.165) is 34.8 Å². The molecule has 0 N–H and O–H groups in total. The number of aromatic nitrogens is 2. The van der Waals surface area contributed by atoms with Gasteiger partial charge in [0.25, 0.3) is 0 Å². The number of nitrogens with zero attached hydrogens (tertiary/aromatic N) is 2. The number of hydrogen-bond acceptors (Lipinski definition) is 1. The molecule has 0 aliphatic heterocycles. The Morgan fingerprint density at radius 3 is 2.48 bits per heavy atom. The molecule has 2 aromatic carbocycles. The number of para-hydroxylation sites is 1. The van der Waals surface area contributed by atoms with E-state index in [1.54, 1.807) is 0 Å². The van der Waals surface area contributed by atoms with Crippen LogP contribution in [0.3, 0.4) is 0 Å². The number of alkyl halides is 1. The van der Waals surface area contributed by atoms with Crippen LogP contribution in [0, 0.1) is 0 Å². The highest BCUT2D eigenvalue weighted by Gasteiger charge is 2.12. The van der Waals surface area contributed by atoms with E-state index in [-0.39, 0.29) is 0 Å². The van der Waals surface area contributed by atoms with Crippen molar-refractivity contribution >= 4 is 45.8 Å². The van der Waals surface area contributed by atoms with Crippen molar-refractivity contribution in [3.8, 4) is 0 Å². The molecular weight excluding hydrogens is 327 g/mol. The number of benzene rings is 2. The van der Waals surface area contributed by atoms with Gasteiger partial charge in [-0.15, -0.1) is 11.6 Å². The molecule has 0 atom stereocenters. The van der Waals surface area contributed by atoms with Crippen LogP contribution < -0.4 is 0 Å². The van der Waals surface area contributed by atoms with Gasteiger partial charge in [0.1, 0.15) is 5.82 Å². The van der Waals surface area contributed by atoms with Crippen LogP contribution in [0.15, 0.2) is 42.5 Å². The topological polar surface area (TPSA) is 17.8 Å². The Kier molecular flexibility index (Phi) is 4.39. The fourth-order valence-corrected chi connectivity index (χ4v) is 3.03. The van der Waals surface area contributed by atoms with Gasteiger partial charge in [-0.25, -0.2) is 4.98 Å². The Morgan fingerprint density at radius 2 is 1.76 bits per heavy atom. The van der Waals surface area contributed by atoms with Gasteiger partial charge in [-0.05, 0) is 36.2 Å². The van der Waals surface area contributed by atoms with Gasteiger partial charge in [-0.3, -0.25) is 0 Å². The molecule has 0 aliphatic carbocycles. The van der Waals surface area contributed by atoms with E-state index in [9.17, 15) is 0 Å². The Morgan fingerprint density at radius 1 is 1.00 bits per heavy atom. The van der Waals surface area contributed by atoms with E-state index in [2.05, 4.69) is 9.55 Å². The van der Waals surface area contributed by atoms with Crippen molar-refractivity contribution in [1.29, 1.82) is 0 Å². The minimum atomic E-state index is 0.367. The monoisotopic (exact) mass is 338 g/mol. The lowest BCUT2D eigenvalue weighted by atomic mass is 10.1. The molecule has 0 fully saturated rings. The van der Waals surface area contributed by atoms with Gasteiger partial charge < -0.3 is 4.57 Å². The highest BCUT2D eigenvalue weighted by Crippen LogP contribution is 2.25. The number of rotatable bonds is 4. The number of hydrogen-bond donors (Lipinski definition) is 0. The van der Waals surface area contributed by atoms with Gasteiger partial charge in [-0.2, -0.15) is 0 Å². The molecule has 108 valence electrons. The van der Waals surface area contributed by atoms with Gasteiger partial charge in [0.2, 0.25) is 0 Å². The maximum Gasteiger partial charge on any atom is 0.124 e. The predicted octanol–water partition coefficient (Wildman–Crippen LogP) is 5.32. The van der Waals surface area contributed by atoms with Crippen LogP contribution in [0.4, 0.5) is 0 Å². The highest BCUT2D eigenvalue weighted by atomic mass is 35.5. The zero-order chi connectivity index (χ0) is 14.8. The third-order valence-corrected chi connectivity index (χ3v) is 4.25. The first kappa shape index (κ1) is 14.7. The van der Waals surface area contributed by atoms with Crippen LogP contribution in [-0.2, 0) is 18.8 Å². The summed E-state index contributed by atoms with van der Waals surface area (Å²) in [5.74, 6) is 1.21. The minimum absolute atomic E-state index is 0.367. The standard InChI is InChI=1S/C16H13Cl3N2/c17-10-15-20-14-3-1-2-13(19)16(14)21(15)9-8-11-4-6-12(18)7-5-11/h1-7H,8-10H2. The number of halogens is 3. The minimum Gasteiger partial charge on any atom is -0.325 e. The first-order chi connectivity index (χ1) is 10.2. The molecule has 0 radical (unpaired) electrons. The van der Waals surface area contributed by atoms with Crippen molar-refractivity contribution in [2.24, 2.45) is 0 Å². The summed E-state index contributed by atoms with van der Waals surface area (Å²) in [5, 5.41) is 1.45. The molecule has 0 unspecified atom stereocenters. The Hall–Kier alpha value is -1.22. The van der Waals surface area contributed by atoms with Gasteiger partial charge >= 0.3 is 0 Å². The van der Waals surface area contributed by atoms with E-state index in [1.807, 2.05) is 42.5 Å². The number of fused-ring (bicyclic) bond motifs is 1. The lowest BCUT2D eigenvalue weighted by Crippen LogP contribution is -2.05. The lowest BCUT2D eigenvalue weighted by molar-refractivity contribution is 0.688. The summed E-state index contributed by atoms with van der Waals surface area (Å²) in [6.45, 7) is 0.782. The van der Waals surface area contributed by atoms with Gasteiger partial charge in [-0.1, -0.05) is 41.4 Å². The van der Waals surface area contributed by atoms with Crippen molar-refractivity contribution in [3.05, 3.63) is 63.9 Å². The van der Waals surface area contributed by atoms with Crippen LogP contribution >= 0.6 is 34.8 Å². The molecule has 0 spiro atoms. The molecule has 1 aromatic heterocycles. The molecule has 0 aliphatic rings. The molecule has 0 bridgehead atoms. The fourth-order valence-electron chi connectivity index (χ4n) is 2.42. The van der Waals surface area contributed by atoms with Crippen molar-refractivity contribution in [3.63, 3.8) is 0 Å². The van der Waals surface area contributed by atoms with E-state index in [1.165, 1.54) is 5.56 Å². The molecule has 3 aromatic rings. The third-order valence-electron chi connectivity index (χ3n) is 3.45. The summed E-state index contributed by atoms with van der Waals surface area (Å²) >= 11 is 18.2. The van der Waals surface area contributed by atoms with Crippen molar-refractivity contribution in [2.45, 2.75) is 18.8 Å². The van der Waals surface area contributed by atoms with Crippen LogP contribution in [-0.4, -0.2) is 9.55 Å². The van der Waals surface area contributed by atoms with Gasteiger partial charge in [0, 0.05) is 11.6 Å². The second kappa shape index (κ2) is 6.27. The predicted molar refractivity (Wildman–Crippen MR) is 89.5 cm³/mol. The maximum absolute atomic E-state index is 6.31. The average molecular weight is 340 g/mol. The van der Waals surface area contributed by atoms with E-state index in [0.29, 0.717) is 10.9 Å². The molecule has 21 heavy (non-hydrogen) atoms. The molecule has 0 saturated heterocycles. The van der Waals surface area contributed by atoms with E-state index < -0.39 is 0 Å². The molecular formula is C16H13Cl3N2. The zero-order valence-corrected chi connectivity index (χ0v) is 13.5.